The lowest BCUT2D eigenvalue weighted by molar-refractivity contribution is 0.698. The number of hydrogen-bond donors (Lipinski definition) is 1. The van der Waals surface area contributed by atoms with Gasteiger partial charge in [0.25, 0.3) is 0 Å². The summed E-state index contributed by atoms with van der Waals surface area (Å²) < 4.78 is 1.87. The van der Waals surface area contributed by atoms with Crippen LogP contribution in [0.2, 0.25) is 0 Å². The van der Waals surface area contributed by atoms with Crippen molar-refractivity contribution in [2.24, 2.45) is 0 Å². The normalized spacial score (nSPS) is 13.3. The molecule has 6 heteroatoms. The number of aromatic nitrogens is 4. The van der Waals surface area contributed by atoms with Crippen LogP contribution < -0.4 is 5.73 Å². The molecule has 0 saturated carbocycles. The fourth-order valence-electron chi connectivity index (χ4n) is 1.30. The van der Waals surface area contributed by atoms with Crippen LogP contribution in [0.15, 0.2) is 12.7 Å². The van der Waals surface area contributed by atoms with Crippen LogP contribution in [0.25, 0.3) is 11.2 Å². The van der Waals surface area contributed by atoms with E-state index in [4.69, 9.17) is 17.3 Å². The van der Waals surface area contributed by atoms with Crippen LogP contribution in [0.5, 0.6) is 0 Å². The van der Waals surface area contributed by atoms with Crippen LogP contribution in [-0.2, 0) is 6.54 Å². The van der Waals surface area contributed by atoms with Crippen molar-refractivity contribution in [1.29, 1.82) is 0 Å². The van der Waals surface area contributed by atoms with E-state index in [9.17, 15) is 0 Å². The first-order chi connectivity index (χ1) is 6.68. The van der Waals surface area contributed by atoms with Gasteiger partial charge >= 0.3 is 0 Å². The Morgan fingerprint density at radius 2 is 2.29 bits per heavy atom. The van der Waals surface area contributed by atoms with Crippen molar-refractivity contribution >= 4 is 28.6 Å². The van der Waals surface area contributed by atoms with Gasteiger partial charge in [0.15, 0.2) is 11.5 Å². The third-order valence-electron chi connectivity index (χ3n) is 1.88. The Morgan fingerprint density at radius 3 is 3.00 bits per heavy atom. The number of imidazole rings is 1. The maximum atomic E-state index is 5.89. The molecule has 5 nitrogen and oxygen atoms in total. The van der Waals surface area contributed by atoms with E-state index in [1.54, 1.807) is 6.33 Å². The molecule has 0 bridgehead atoms. The summed E-state index contributed by atoms with van der Waals surface area (Å²) in [7, 11) is 0. The highest BCUT2D eigenvalue weighted by Crippen LogP contribution is 2.14. The number of alkyl halides is 1. The highest BCUT2D eigenvalue weighted by atomic mass is 35.5. The summed E-state index contributed by atoms with van der Waals surface area (Å²) in [6, 6.07) is 0. The molecule has 0 aliphatic carbocycles. The molecule has 2 rings (SSSR count). The van der Waals surface area contributed by atoms with E-state index in [0.29, 0.717) is 17.9 Å². The third kappa shape index (κ3) is 1.50. The minimum atomic E-state index is 0.0311. The Labute approximate surface area is 85.9 Å². The highest BCUT2D eigenvalue weighted by molar-refractivity contribution is 6.20. The second kappa shape index (κ2) is 3.42. The zero-order chi connectivity index (χ0) is 10.1. The van der Waals surface area contributed by atoms with Crippen molar-refractivity contribution in [3.05, 3.63) is 12.7 Å². The van der Waals surface area contributed by atoms with Crippen molar-refractivity contribution < 1.29 is 0 Å². The molecule has 0 unspecified atom stereocenters. The first kappa shape index (κ1) is 9.21. The molecule has 0 aromatic carbocycles. The standard InChI is InChI=1S/C8H10ClN5/c1-5(9)2-14-4-13-6-7(10)11-3-12-8(6)14/h3-5H,2H2,1H3,(H2,10,11,12)/t5-/m1/s1. The fraction of sp³-hybridized carbons (Fsp3) is 0.375. The molecular formula is C8H10ClN5. The smallest absolute Gasteiger partial charge is 0.165 e. The van der Waals surface area contributed by atoms with Gasteiger partial charge in [0.1, 0.15) is 11.8 Å². The Balaban J connectivity index is 2.52. The van der Waals surface area contributed by atoms with Crippen molar-refractivity contribution in [3.63, 3.8) is 0 Å². The molecule has 0 amide bonds. The number of fused-ring (bicyclic) bond motifs is 1. The van der Waals surface area contributed by atoms with Crippen molar-refractivity contribution in [2.75, 3.05) is 5.73 Å². The first-order valence-corrected chi connectivity index (χ1v) is 4.67. The van der Waals surface area contributed by atoms with Gasteiger partial charge in [-0.05, 0) is 6.92 Å². The molecule has 2 aromatic rings. The summed E-state index contributed by atoms with van der Waals surface area (Å²) in [6.07, 6.45) is 3.10. The molecule has 0 aliphatic heterocycles. The molecule has 0 spiro atoms. The van der Waals surface area contributed by atoms with E-state index in [1.165, 1.54) is 6.33 Å². The van der Waals surface area contributed by atoms with Crippen LogP contribution in [0.3, 0.4) is 0 Å². The second-order valence-corrected chi connectivity index (χ2v) is 3.85. The topological polar surface area (TPSA) is 69.6 Å². The van der Waals surface area contributed by atoms with Gasteiger partial charge in [0.05, 0.1) is 6.33 Å². The lowest BCUT2D eigenvalue weighted by Crippen LogP contribution is -2.06. The average Bonchev–Trinajstić information content (AvgIpc) is 2.49. The van der Waals surface area contributed by atoms with Gasteiger partial charge in [-0.1, -0.05) is 0 Å². The Hall–Kier alpha value is -1.36. The predicted molar refractivity (Wildman–Crippen MR) is 55.1 cm³/mol. The lowest BCUT2D eigenvalue weighted by Gasteiger charge is -2.04. The number of rotatable bonds is 2. The number of anilines is 1. The number of nitrogens with two attached hydrogens (primary N) is 1. The monoisotopic (exact) mass is 211 g/mol. The minimum Gasteiger partial charge on any atom is -0.382 e. The third-order valence-corrected chi connectivity index (χ3v) is 2.02. The largest absolute Gasteiger partial charge is 0.382 e. The first-order valence-electron chi connectivity index (χ1n) is 4.24. The van der Waals surface area contributed by atoms with Crippen molar-refractivity contribution in [2.45, 2.75) is 18.8 Å². The maximum absolute atomic E-state index is 5.89. The molecule has 0 radical (unpaired) electrons. The van der Waals surface area contributed by atoms with Gasteiger partial charge in [0, 0.05) is 11.9 Å². The van der Waals surface area contributed by atoms with Crippen LogP contribution in [0.1, 0.15) is 6.92 Å². The average molecular weight is 212 g/mol. The fourth-order valence-corrected chi connectivity index (χ4v) is 1.45. The van der Waals surface area contributed by atoms with Crippen molar-refractivity contribution in [1.82, 2.24) is 19.5 Å². The lowest BCUT2D eigenvalue weighted by atomic mass is 10.4. The van der Waals surface area contributed by atoms with E-state index in [0.717, 1.165) is 5.65 Å². The zero-order valence-corrected chi connectivity index (χ0v) is 8.44. The van der Waals surface area contributed by atoms with Gasteiger partial charge in [-0.25, -0.2) is 15.0 Å². The molecule has 2 N–H and O–H groups in total. The molecular weight excluding hydrogens is 202 g/mol. The second-order valence-electron chi connectivity index (χ2n) is 3.11. The van der Waals surface area contributed by atoms with E-state index in [2.05, 4.69) is 15.0 Å². The van der Waals surface area contributed by atoms with Gasteiger partial charge in [-0.3, -0.25) is 0 Å². The quantitative estimate of drug-likeness (QED) is 0.754. The van der Waals surface area contributed by atoms with Crippen molar-refractivity contribution in [3.8, 4) is 0 Å². The Morgan fingerprint density at radius 1 is 1.50 bits per heavy atom. The zero-order valence-electron chi connectivity index (χ0n) is 7.68. The number of hydrogen-bond acceptors (Lipinski definition) is 4. The number of nitrogen functional groups attached to an aromatic ring is 1. The van der Waals surface area contributed by atoms with Gasteiger partial charge in [-0.15, -0.1) is 11.6 Å². The van der Waals surface area contributed by atoms with E-state index in [-0.39, 0.29) is 5.38 Å². The van der Waals surface area contributed by atoms with Crippen LogP contribution in [0, 0.1) is 0 Å². The highest BCUT2D eigenvalue weighted by Gasteiger charge is 2.08. The van der Waals surface area contributed by atoms with Crippen LogP contribution in [0.4, 0.5) is 5.82 Å². The van der Waals surface area contributed by atoms with Gasteiger partial charge < -0.3 is 10.3 Å². The van der Waals surface area contributed by atoms with Crippen LogP contribution >= 0.6 is 11.6 Å². The summed E-state index contributed by atoms with van der Waals surface area (Å²) in [5.74, 6) is 0.399. The van der Waals surface area contributed by atoms with Crippen LogP contribution in [-0.4, -0.2) is 24.9 Å². The molecule has 74 valence electrons. The minimum absolute atomic E-state index is 0.0311. The molecule has 0 fully saturated rings. The SMILES string of the molecule is C[C@@H](Cl)Cn1cnc2c(N)ncnc21. The Kier molecular flexibility index (Phi) is 2.25. The molecule has 14 heavy (non-hydrogen) atoms. The summed E-state index contributed by atoms with van der Waals surface area (Å²) in [5.41, 5.74) is 7.00. The number of nitrogens with zero attached hydrogens (tertiary/aromatic N) is 4. The summed E-state index contributed by atoms with van der Waals surface area (Å²) >= 11 is 5.89. The molecule has 2 aromatic heterocycles. The van der Waals surface area contributed by atoms with Gasteiger partial charge in [0.2, 0.25) is 0 Å². The molecule has 0 aliphatic rings. The summed E-state index contributed by atoms with van der Waals surface area (Å²) in [5, 5.41) is 0.0311. The predicted octanol–water partition coefficient (Wildman–Crippen LogP) is 1.04. The van der Waals surface area contributed by atoms with E-state index < -0.39 is 0 Å². The maximum Gasteiger partial charge on any atom is 0.165 e. The van der Waals surface area contributed by atoms with E-state index in [1.807, 2.05) is 11.5 Å². The summed E-state index contributed by atoms with van der Waals surface area (Å²) in [6.45, 7) is 2.58. The Bertz CT molecular complexity index is 450. The molecule has 0 saturated heterocycles. The molecule has 2 heterocycles. The summed E-state index contributed by atoms with van der Waals surface area (Å²) in [4.78, 5) is 12.1. The molecule has 1 atom stereocenters. The van der Waals surface area contributed by atoms with Gasteiger partial charge in [-0.2, -0.15) is 0 Å². The number of halogens is 1. The van der Waals surface area contributed by atoms with E-state index >= 15 is 0 Å².